The Kier molecular flexibility index (Phi) is 17.5. The second-order valence-electron chi connectivity index (χ2n) is 20.2. The van der Waals surface area contributed by atoms with E-state index in [4.69, 9.17) is 9.47 Å². The largest absolute Gasteiger partial charge is 0.417 e. The molecule has 7 rings (SSSR count). The Morgan fingerprint density at radius 1 is 0.676 bits per heavy atom. The molecule has 12 atom stereocenters. The van der Waals surface area contributed by atoms with E-state index in [1.165, 1.54) is 9.80 Å². The Balaban J connectivity index is 1.26. The molecule has 5 aliphatic heterocycles. The smallest absolute Gasteiger partial charge is 0.360 e. The zero-order chi connectivity index (χ0) is 51.1. The Labute approximate surface area is 414 Å². The van der Waals surface area contributed by atoms with E-state index in [0.717, 1.165) is 11.1 Å². The van der Waals surface area contributed by atoms with Gasteiger partial charge in [0.1, 0.15) is 29.9 Å². The number of nitrogens with zero attached hydrogens (tertiary/aromatic N) is 2. The second-order valence-corrected chi connectivity index (χ2v) is 20.2. The molecule has 0 radical (unpaired) electrons. The van der Waals surface area contributed by atoms with E-state index in [2.05, 4.69) is 37.2 Å². The summed E-state index contributed by atoms with van der Waals surface area (Å²) in [6.07, 6.45) is -6.16. The minimum Gasteiger partial charge on any atom is -0.360 e. The van der Waals surface area contributed by atoms with Gasteiger partial charge in [0, 0.05) is 19.6 Å². The molecular formula is C51H72F3N9O8. The summed E-state index contributed by atoms with van der Waals surface area (Å²) in [6.45, 7) is 5.71. The Morgan fingerprint density at radius 3 is 1.59 bits per heavy atom. The van der Waals surface area contributed by atoms with E-state index in [-0.39, 0.29) is 51.6 Å². The first-order valence-corrected chi connectivity index (χ1v) is 25.3. The maximum Gasteiger partial charge on any atom is 0.417 e. The minimum absolute atomic E-state index is 0.0987. The van der Waals surface area contributed by atoms with Gasteiger partial charge in [-0.25, -0.2) is 0 Å². The lowest BCUT2D eigenvalue weighted by molar-refractivity contribution is -0.276. The standard InChI is InChI=1S/C51H72F3N9O8/c1-31(55-4)43(64)58-35-20-23-49(3)57-30-42(70-49)38(29-34-16-10-7-11-17-34)61-46(67)40-19-13-27-63(40)48(69)36(59-44(65)32(2)56-5)21-24-50(51(52,53)54)25-22-41(71-50)37(28-33-14-8-6-9-15-33)60-45(66)39-18-12-26-62(39)47(35)68/h6-11,14-17,31-32,35-42,55-57H,12-13,18-30H2,1-5H3,(H,58,64)(H,59,65)(H,60,66)(H,61,67). The average Bonchev–Trinajstić information content (AvgIpc) is 4.20. The fraction of sp³-hybridized carbons (Fsp3) is 0.647. The molecule has 5 heterocycles. The predicted molar refractivity (Wildman–Crippen MR) is 257 cm³/mol. The molecule has 7 N–H and O–H groups in total. The fourth-order valence-corrected chi connectivity index (χ4v) is 10.7. The third-order valence-corrected chi connectivity index (χ3v) is 15.3. The molecular weight excluding hydrogens is 924 g/mol. The van der Waals surface area contributed by atoms with Crippen molar-refractivity contribution in [3.63, 3.8) is 0 Å². The van der Waals surface area contributed by atoms with Crippen molar-refractivity contribution in [3.05, 3.63) is 71.8 Å². The minimum atomic E-state index is -4.93. The Hall–Kier alpha value is -5.15. The lowest BCUT2D eigenvalue weighted by Gasteiger charge is -2.36. The third kappa shape index (κ3) is 12.7. The van der Waals surface area contributed by atoms with Crippen molar-refractivity contribution in [1.82, 2.24) is 47.0 Å². The number of hydrogen-bond donors (Lipinski definition) is 7. The highest BCUT2D eigenvalue weighted by molar-refractivity contribution is 5.94. The van der Waals surface area contributed by atoms with Gasteiger partial charge in [0.25, 0.3) is 0 Å². The molecule has 0 aromatic heterocycles. The van der Waals surface area contributed by atoms with E-state index in [1.807, 2.05) is 37.3 Å². The molecule has 12 unspecified atom stereocenters. The number of amides is 6. The first-order valence-electron chi connectivity index (χ1n) is 25.3. The fourth-order valence-electron chi connectivity index (χ4n) is 10.7. The molecule has 5 fully saturated rings. The van der Waals surface area contributed by atoms with Crippen molar-refractivity contribution in [2.75, 3.05) is 33.7 Å². The number of nitrogens with one attached hydrogen (secondary N) is 7. The highest BCUT2D eigenvalue weighted by atomic mass is 19.4. The van der Waals surface area contributed by atoms with Crippen LogP contribution in [0.5, 0.6) is 0 Å². The molecule has 390 valence electrons. The topological polar surface area (TPSA) is 212 Å². The number of alkyl halides is 3. The van der Waals surface area contributed by atoms with E-state index < -0.39 is 133 Å². The zero-order valence-corrected chi connectivity index (χ0v) is 41.4. The van der Waals surface area contributed by atoms with Gasteiger partial charge < -0.3 is 51.2 Å². The van der Waals surface area contributed by atoms with Crippen molar-refractivity contribution in [2.24, 2.45) is 0 Å². The maximum atomic E-state index is 15.6. The second kappa shape index (κ2) is 23.2. The summed E-state index contributed by atoms with van der Waals surface area (Å²) >= 11 is 0. The SMILES string of the molecule is CNC(C)C(=O)NC1CCC2(C(F)(F)F)CCC(O2)C(Cc2ccccc2)NC(=O)C2CCCN2C(=O)C(NC(=O)C(C)NC)CCC2(C)NCC(O2)C(Cc2ccccc2)NC(=O)C2CCCN2C1=O. The first kappa shape index (κ1) is 53.6. The van der Waals surface area contributed by atoms with Gasteiger partial charge in [-0.1, -0.05) is 60.7 Å². The highest BCUT2D eigenvalue weighted by Gasteiger charge is 2.61. The number of likely N-dealkylation sites (N-methyl/N-ethyl adjacent to an activating group) is 2. The van der Waals surface area contributed by atoms with Gasteiger partial charge in [-0.2, -0.15) is 13.2 Å². The Morgan fingerprint density at radius 2 is 1.13 bits per heavy atom. The molecule has 0 spiro atoms. The van der Waals surface area contributed by atoms with E-state index in [1.54, 1.807) is 58.3 Å². The van der Waals surface area contributed by atoms with Crippen LogP contribution in [0.2, 0.25) is 0 Å². The number of hydrogen-bond acceptors (Lipinski definition) is 11. The highest BCUT2D eigenvalue weighted by Crippen LogP contribution is 2.48. The molecule has 17 nitrogen and oxygen atoms in total. The summed E-state index contributed by atoms with van der Waals surface area (Å²) in [4.78, 5) is 88.3. The molecule has 2 aromatic carbocycles. The van der Waals surface area contributed by atoms with Gasteiger partial charge in [0.15, 0.2) is 5.60 Å². The molecule has 71 heavy (non-hydrogen) atoms. The third-order valence-electron chi connectivity index (χ3n) is 15.3. The summed E-state index contributed by atoms with van der Waals surface area (Å²) in [7, 11) is 3.17. The molecule has 5 saturated heterocycles. The number of carbonyl (C=O) groups excluding carboxylic acids is 6. The van der Waals surface area contributed by atoms with E-state index in [0.29, 0.717) is 25.8 Å². The van der Waals surface area contributed by atoms with Gasteiger partial charge in [-0.3, -0.25) is 34.1 Å². The predicted octanol–water partition coefficient (Wildman–Crippen LogP) is 2.37. The zero-order valence-electron chi connectivity index (χ0n) is 41.4. The maximum absolute atomic E-state index is 15.6. The van der Waals surface area contributed by atoms with Crippen molar-refractivity contribution < 1.29 is 51.4 Å². The number of ether oxygens (including phenoxy) is 2. The number of halogens is 3. The van der Waals surface area contributed by atoms with Gasteiger partial charge in [0.2, 0.25) is 35.4 Å². The van der Waals surface area contributed by atoms with Gasteiger partial charge in [-0.15, -0.1) is 0 Å². The quantitative estimate of drug-likeness (QED) is 0.184. The molecule has 0 aliphatic carbocycles. The summed E-state index contributed by atoms with van der Waals surface area (Å²) in [5.41, 5.74) is -2.15. The van der Waals surface area contributed by atoms with Crippen LogP contribution in [-0.4, -0.2) is 157 Å². The summed E-state index contributed by atoms with van der Waals surface area (Å²) < 4.78 is 59.9. The molecule has 6 amide bonds. The van der Waals surface area contributed by atoms with Crippen LogP contribution in [0.15, 0.2) is 60.7 Å². The number of fused-ring (bicyclic) bond motifs is 6. The molecule has 4 bridgehead atoms. The van der Waals surface area contributed by atoms with E-state index >= 15 is 13.2 Å². The summed E-state index contributed by atoms with van der Waals surface area (Å²) in [6, 6.07) is 10.9. The average molecular weight is 996 g/mol. The lowest BCUT2D eigenvalue weighted by Crippen LogP contribution is -2.58. The van der Waals surface area contributed by atoms with Gasteiger partial charge in [-0.05, 0) is 123 Å². The number of rotatable bonds is 10. The molecule has 2 aromatic rings. The van der Waals surface area contributed by atoms with Crippen molar-refractivity contribution in [1.29, 1.82) is 0 Å². The van der Waals surface area contributed by atoms with Gasteiger partial charge in [0.05, 0.1) is 36.4 Å². The van der Waals surface area contributed by atoms with Gasteiger partial charge >= 0.3 is 6.18 Å². The van der Waals surface area contributed by atoms with Crippen LogP contribution in [0.1, 0.15) is 96.1 Å². The number of benzene rings is 2. The van der Waals surface area contributed by atoms with Crippen molar-refractivity contribution >= 4 is 35.4 Å². The van der Waals surface area contributed by atoms with Crippen LogP contribution >= 0.6 is 0 Å². The summed E-state index contributed by atoms with van der Waals surface area (Å²) in [5, 5.41) is 21.0. The number of carbonyl (C=O) groups is 6. The van der Waals surface area contributed by atoms with Crippen LogP contribution in [-0.2, 0) is 51.1 Å². The normalized spacial score (nSPS) is 32.2. The van der Waals surface area contributed by atoms with Crippen LogP contribution in [0.3, 0.4) is 0 Å². The van der Waals surface area contributed by atoms with Crippen molar-refractivity contribution in [2.45, 2.75) is 176 Å². The van der Waals surface area contributed by atoms with Crippen LogP contribution in [0.25, 0.3) is 0 Å². The first-order chi connectivity index (χ1) is 33.8. The monoisotopic (exact) mass is 996 g/mol. The molecule has 20 heteroatoms. The van der Waals surface area contributed by atoms with Crippen LogP contribution < -0.4 is 37.2 Å². The van der Waals surface area contributed by atoms with E-state index in [9.17, 15) is 28.8 Å². The van der Waals surface area contributed by atoms with Crippen LogP contribution in [0, 0.1) is 0 Å². The van der Waals surface area contributed by atoms with Crippen molar-refractivity contribution in [3.8, 4) is 0 Å². The molecule has 5 aliphatic rings. The lowest BCUT2D eigenvalue weighted by atomic mass is 9.90. The Bertz CT molecular complexity index is 2190. The summed E-state index contributed by atoms with van der Waals surface area (Å²) in [5.74, 6) is -3.21. The van der Waals surface area contributed by atoms with Crippen LogP contribution in [0.4, 0.5) is 13.2 Å². The molecule has 0 saturated carbocycles.